The molecule has 0 atom stereocenters. The molecule has 0 saturated carbocycles. The summed E-state index contributed by atoms with van der Waals surface area (Å²) in [7, 11) is 0. The van der Waals surface area contributed by atoms with Crippen LogP contribution in [0.1, 0.15) is 5.56 Å². The molecule has 0 saturated heterocycles. The number of halogens is 2. The van der Waals surface area contributed by atoms with E-state index >= 15 is 0 Å². The Morgan fingerprint density at radius 3 is 2.38 bits per heavy atom. The lowest BCUT2D eigenvalue weighted by molar-refractivity contribution is -0.120. The van der Waals surface area contributed by atoms with Gasteiger partial charge in [0.05, 0.1) is 18.3 Å². The number of carbonyl (C=O) groups is 1. The number of hydrogen-bond donors (Lipinski definition) is 2. The predicted octanol–water partition coefficient (Wildman–Crippen LogP) is 4.83. The fourth-order valence-electron chi connectivity index (χ4n) is 2.34. The number of nitrogens with zero attached hydrogens (tertiary/aromatic N) is 1. The summed E-state index contributed by atoms with van der Waals surface area (Å²) in [5, 5.41) is 5.11. The molecule has 0 bridgehead atoms. The van der Waals surface area contributed by atoms with E-state index in [-0.39, 0.29) is 5.91 Å². The number of nitrogens with one attached hydrogen (secondary N) is 2. The topological polar surface area (TPSA) is 57.8 Å². The van der Waals surface area contributed by atoms with Crippen LogP contribution in [0.4, 0.5) is 0 Å². The summed E-state index contributed by atoms with van der Waals surface area (Å²) in [6.45, 7) is 0.577. The lowest BCUT2D eigenvalue weighted by atomic mass is 10.1. The van der Waals surface area contributed by atoms with Gasteiger partial charge < -0.3 is 10.3 Å². The first-order valence-electron chi connectivity index (χ1n) is 8.05. The monoisotopic (exact) mass is 405 g/mol. The Morgan fingerprint density at radius 1 is 1.04 bits per heavy atom. The number of amides is 1. The van der Waals surface area contributed by atoms with E-state index in [0.29, 0.717) is 23.0 Å². The molecule has 2 aromatic carbocycles. The van der Waals surface area contributed by atoms with Crippen molar-refractivity contribution in [2.24, 2.45) is 0 Å². The van der Waals surface area contributed by atoms with Gasteiger partial charge in [0.15, 0.2) is 5.16 Å². The summed E-state index contributed by atoms with van der Waals surface area (Å²) in [6, 6.07) is 14.9. The Morgan fingerprint density at radius 2 is 1.69 bits per heavy atom. The molecule has 3 rings (SSSR count). The number of aromatic amines is 1. The van der Waals surface area contributed by atoms with Crippen LogP contribution in [0.3, 0.4) is 0 Å². The molecule has 0 aliphatic rings. The van der Waals surface area contributed by atoms with E-state index in [2.05, 4.69) is 15.3 Å². The average Bonchev–Trinajstić information content (AvgIpc) is 3.10. The zero-order chi connectivity index (χ0) is 18.4. The van der Waals surface area contributed by atoms with Crippen LogP contribution in [0, 0.1) is 0 Å². The van der Waals surface area contributed by atoms with Gasteiger partial charge in [-0.2, -0.15) is 0 Å². The fraction of sp³-hybridized carbons (Fsp3) is 0.158. The Bertz CT molecular complexity index is 863. The highest BCUT2D eigenvalue weighted by Crippen LogP contribution is 2.22. The molecule has 4 nitrogen and oxygen atoms in total. The highest BCUT2D eigenvalue weighted by Gasteiger charge is 2.06. The lowest BCUT2D eigenvalue weighted by Crippen LogP contribution is -2.27. The van der Waals surface area contributed by atoms with Crippen molar-refractivity contribution in [3.05, 3.63) is 70.3 Å². The van der Waals surface area contributed by atoms with Crippen molar-refractivity contribution in [3.63, 3.8) is 0 Å². The highest BCUT2D eigenvalue weighted by molar-refractivity contribution is 7.99. The molecule has 0 fully saturated rings. The van der Waals surface area contributed by atoms with Gasteiger partial charge in [0.1, 0.15) is 0 Å². The Labute approximate surface area is 166 Å². The minimum absolute atomic E-state index is 0.00535. The van der Waals surface area contributed by atoms with E-state index in [9.17, 15) is 4.79 Å². The van der Waals surface area contributed by atoms with Gasteiger partial charge in [-0.15, -0.1) is 0 Å². The van der Waals surface area contributed by atoms with Gasteiger partial charge in [-0.05, 0) is 35.4 Å². The average molecular weight is 406 g/mol. The Hall–Kier alpha value is -1.95. The smallest absolute Gasteiger partial charge is 0.224 e. The van der Waals surface area contributed by atoms with Gasteiger partial charge in [-0.3, -0.25) is 4.79 Å². The first-order valence-corrected chi connectivity index (χ1v) is 9.79. The summed E-state index contributed by atoms with van der Waals surface area (Å²) in [5.41, 5.74) is 2.92. The fourth-order valence-corrected chi connectivity index (χ4v) is 3.30. The molecule has 26 heavy (non-hydrogen) atoms. The van der Waals surface area contributed by atoms with E-state index in [0.717, 1.165) is 27.7 Å². The summed E-state index contributed by atoms with van der Waals surface area (Å²) >= 11 is 13.3. The first-order chi connectivity index (χ1) is 12.6. The number of hydrogen-bond acceptors (Lipinski definition) is 3. The predicted molar refractivity (Wildman–Crippen MR) is 108 cm³/mol. The molecule has 0 spiro atoms. The number of rotatable bonds is 7. The van der Waals surface area contributed by atoms with Gasteiger partial charge in [0, 0.05) is 22.3 Å². The maximum absolute atomic E-state index is 11.9. The van der Waals surface area contributed by atoms with Crippen LogP contribution < -0.4 is 5.32 Å². The maximum Gasteiger partial charge on any atom is 0.224 e. The maximum atomic E-state index is 11.9. The molecule has 1 aromatic heterocycles. The van der Waals surface area contributed by atoms with Crippen molar-refractivity contribution in [1.29, 1.82) is 0 Å². The first kappa shape index (κ1) is 18.8. The number of carbonyl (C=O) groups excluding carboxylic acids is 1. The summed E-state index contributed by atoms with van der Waals surface area (Å²) in [5.74, 6) is 0.731. The third kappa shape index (κ3) is 5.53. The van der Waals surface area contributed by atoms with Crippen LogP contribution in [-0.4, -0.2) is 28.2 Å². The van der Waals surface area contributed by atoms with Crippen molar-refractivity contribution < 1.29 is 4.79 Å². The van der Waals surface area contributed by atoms with Crippen molar-refractivity contribution in [1.82, 2.24) is 15.3 Å². The molecule has 134 valence electrons. The quantitative estimate of drug-likeness (QED) is 0.436. The zero-order valence-electron chi connectivity index (χ0n) is 13.8. The van der Waals surface area contributed by atoms with Crippen LogP contribution in [0.5, 0.6) is 0 Å². The number of benzene rings is 2. The van der Waals surface area contributed by atoms with E-state index in [4.69, 9.17) is 23.2 Å². The molecule has 1 amide bonds. The van der Waals surface area contributed by atoms with E-state index in [1.165, 1.54) is 0 Å². The van der Waals surface area contributed by atoms with Crippen LogP contribution in [0.25, 0.3) is 11.3 Å². The third-order valence-electron chi connectivity index (χ3n) is 3.65. The van der Waals surface area contributed by atoms with Crippen molar-refractivity contribution >= 4 is 40.9 Å². The van der Waals surface area contributed by atoms with Gasteiger partial charge in [-0.1, -0.05) is 59.2 Å². The van der Waals surface area contributed by atoms with Crippen LogP contribution >= 0.6 is 35.0 Å². The molecule has 0 radical (unpaired) electrons. The second-order valence-corrected chi connectivity index (χ2v) is 7.57. The minimum Gasteiger partial charge on any atom is -0.355 e. The van der Waals surface area contributed by atoms with E-state index in [1.807, 2.05) is 36.4 Å². The SMILES string of the molecule is O=C(Cc1ccc(Cl)cc1)NCCSc1ncc(-c2ccc(Cl)cc2)[nH]1. The van der Waals surface area contributed by atoms with Crippen molar-refractivity contribution in [3.8, 4) is 11.3 Å². The molecule has 0 unspecified atom stereocenters. The highest BCUT2D eigenvalue weighted by atomic mass is 35.5. The van der Waals surface area contributed by atoms with Gasteiger partial charge in [-0.25, -0.2) is 4.98 Å². The molecule has 7 heteroatoms. The lowest BCUT2D eigenvalue weighted by Gasteiger charge is -2.04. The molecule has 2 N–H and O–H groups in total. The number of H-pyrrole nitrogens is 1. The van der Waals surface area contributed by atoms with Crippen molar-refractivity contribution in [2.75, 3.05) is 12.3 Å². The standard InChI is InChI=1S/C19H17Cl2N3OS/c20-15-5-1-13(2-6-15)11-18(25)22-9-10-26-19-23-12-17(24-19)14-3-7-16(21)8-4-14/h1-8,12H,9-11H2,(H,22,25)(H,23,24). The number of thioether (sulfide) groups is 1. The number of imidazole rings is 1. The molecular formula is C19H17Cl2N3OS. The second-order valence-electron chi connectivity index (χ2n) is 5.61. The van der Waals surface area contributed by atoms with Crippen LogP contribution in [0.15, 0.2) is 59.9 Å². The third-order valence-corrected chi connectivity index (χ3v) is 5.04. The summed E-state index contributed by atoms with van der Waals surface area (Å²) < 4.78 is 0. The molecule has 0 aliphatic carbocycles. The van der Waals surface area contributed by atoms with Crippen LogP contribution in [-0.2, 0) is 11.2 Å². The summed E-state index contributed by atoms with van der Waals surface area (Å²) in [4.78, 5) is 19.6. The molecule has 3 aromatic rings. The van der Waals surface area contributed by atoms with Crippen LogP contribution in [0.2, 0.25) is 10.0 Å². The second kappa shape index (κ2) is 9.12. The Kier molecular flexibility index (Phi) is 6.61. The van der Waals surface area contributed by atoms with Gasteiger partial charge in [0.2, 0.25) is 5.91 Å². The normalized spacial score (nSPS) is 10.7. The minimum atomic E-state index is -0.00535. The molecular weight excluding hydrogens is 389 g/mol. The molecule has 1 heterocycles. The van der Waals surface area contributed by atoms with E-state index < -0.39 is 0 Å². The van der Waals surface area contributed by atoms with Gasteiger partial charge >= 0.3 is 0 Å². The Balaban J connectivity index is 1.41. The zero-order valence-corrected chi connectivity index (χ0v) is 16.2. The largest absolute Gasteiger partial charge is 0.355 e. The van der Waals surface area contributed by atoms with Gasteiger partial charge in [0.25, 0.3) is 0 Å². The van der Waals surface area contributed by atoms with Crippen molar-refractivity contribution in [2.45, 2.75) is 11.6 Å². The number of aromatic nitrogens is 2. The summed E-state index contributed by atoms with van der Waals surface area (Å²) in [6.07, 6.45) is 2.15. The molecule has 0 aliphatic heterocycles. The van der Waals surface area contributed by atoms with E-state index in [1.54, 1.807) is 30.1 Å².